The lowest BCUT2D eigenvalue weighted by atomic mass is 10.0. The second kappa shape index (κ2) is 4.48. The molecule has 6 nitrogen and oxygen atoms in total. The lowest BCUT2D eigenvalue weighted by molar-refractivity contribution is -0.385. The summed E-state index contributed by atoms with van der Waals surface area (Å²) in [4.78, 5) is 10.5. The molecule has 1 aromatic heterocycles. The minimum atomic E-state index is -0.385. The Hall–Kier alpha value is -2.37. The molecule has 2 rings (SSSR count). The van der Waals surface area contributed by atoms with Crippen molar-refractivity contribution in [3.8, 4) is 11.3 Å². The van der Waals surface area contributed by atoms with E-state index in [9.17, 15) is 10.1 Å². The molecule has 0 aliphatic heterocycles. The van der Waals surface area contributed by atoms with Crippen molar-refractivity contribution >= 4 is 11.5 Å². The maximum absolute atomic E-state index is 10.9. The zero-order chi connectivity index (χ0) is 13.3. The summed E-state index contributed by atoms with van der Waals surface area (Å²) >= 11 is 0. The summed E-state index contributed by atoms with van der Waals surface area (Å²) < 4.78 is 0. The molecule has 0 bridgehead atoms. The quantitative estimate of drug-likeness (QED) is 0.641. The number of aryl methyl sites for hydroxylation is 1. The largest absolute Gasteiger partial charge is 0.382 e. The predicted octanol–water partition coefficient (Wildman–Crippen LogP) is 2.44. The number of rotatable bonds is 3. The minimum absolute atomic E-state index is 0.0997. The number of anilines is 1. The summed E-state index contributed by atoms with van der Waals surface area (Å²) in [7, 11) is 0. The van der Waals surface area contributed by atoms with Gasteiger partial charge in [-0.05, 0) is 13.3 Å². The van der Waals surface area contributed by atoms with Crippen LogP contribution in [0.25, 0.3) is 11.3 Å². The highest BCUT2D eigenvalue weighted by Gasteiger charge is 2.16. The van der Waals surface area contributed by atoms with Gasteiger partial charge in [0.1, 0.15) is 5.82 Å². The highest BCUT2D eigenvalue weighted by atomic mass is 16.6. The van der Waals surface area contributed by atoms with Crippen LogP contribution < -0.4 is 5.73 Å². The predicted molar refractivity (Wildman–Crippen MR) is 69.2 cm³/mol. The molecule has 0 radical (unpaired) electrons. The number of benzene rings is 1. The van der Waals surface area contributed by atoms with Crippen molar-refractivity contribution in [3.05, 3.63) is 39.4 Å². The van der Waals surface area contributed by atoms with E-state index in [0.717, 1.165) is 23.2 Å². The third kappa shape index (κ3) is 1.92. The molecular formula is C12H14N4O2. The molecule has 0 saturated heterocycles. The number of nitro groups is 1. The van der Waals surface area contributed by atoms with Crippen LogP contribution in [0.2, 0.25) is 0 Å². The van der Waals surface area contributed by atoms with Crippen LogP contribution in [0.5, 0.6) is 0 Å². The topological polar surface area (TPSA) is 97.8 Å². The first-order valence-corrected chi connectivity index (χ1v) is 5.62. The van der Waals surface area contributed by atoms with Crippen LogP contribution in [0.3, 0.4) is 0 Å². The molecule has 0 saturated carbocycles. The molecule has 0 fully saturated rings. The van der Waals surface area contributed by atoms with E-state index >= 15 is 0 Å². The van der Waals surface area contributed by atoms with E-state index in [1.807, 2.05) is 13.0 Å². The number of hydrogen-bond donors (Lipinski definition) is 2. The third-order valence-electron chi connectivity index (χ3n) is 2.95. The number of hydrogen-bond acceptors (Lipinski definition) is 4. The number of nitrogen functional groups attached to an aromatic ring is 1. The highest BCUT2D eigenvalue weighted by Crippen LogP contribution is 2.29. The summed E-state index contributed by atoms with van der Waals surface area (Å²) in [5.41, 5.74) is 8.83. The van der Waals surface area contributed by atoms with Crippen LogP contribution in [0.4, 0.5) is 11.5 Å². The summed E-state index contributed by atoms with van der Waals surface area (Å²) in [5, 5.41) is 17.7. The fourth-order valence-electron chi connectivity index (χ4n) is 1.94. The van der Waals surface area contributed by atoms with Gasteiger partial charge in [-0.25, -0.2) is 0 Å². The molecule has 3 N–H and O–H groups in total. The average molecular weight is 246 g/mol. The smallest absolute Gasteiger partial charge is 0.272 e. The van der Waals surface area contributed by atoms with Crippen LogP contribution in [-0.4, -0.2) is 15.1 Å². The monoisotopic (exact) mass is 246 g/mol. The van der Waals surface area contributed by atoms with Gasteiger partial charge in [-0.15, -0.1) is 0 Å². The second-order valence-electron chi connectivity index (χ2n) is 4.07. The van der Waals surface area contributed by atoms with Crippen molar-refractivity contribution in [1.29, 1.82) is 0 Å². The van der Waals surface area contributed by atoms with Gasteiger partial charge in [0.15, 0.2) is 0 Å². The molecule has 1 aromatic carbocycles. The lowest BCUT2D eigenvalue weighted by Gasteiger charge is -2.03. The number of aromatic nitrogens is 2. The Kier molecular flexibility index (Phi) is 3.01. The van der Waals surface area contributed by atoms with Crippen molar-refractivity contribution in [2.45, 2.75) is 20.3 Å². The molecule has 2 aromatic rings. The zero-order valence-electron chi connectivity index (χ0n) is 10.2. The van der Waals surface area contributed by atoms with Crippen LogP contribution in [0, 0.1) is 17.0 Å². The van der Waals surface area contributed by atoms with Crippen molar-refractivity contribution in [1.82, 2.24) is 10.2 Å². The van der Waals surface area contributed by atoms with E-state index in [-0.39, 0.29) is 10.6 Å². The van der Waals surface area contributed by atoms with Crippen LogP contribution >= 0.6 is 0 Å². The van der Waals surface area contributed by atoms with Gasteiger partial charge in [-0.3, -0.25) is 15.2 Å². The Morgan fingerprint density at radius 2 is 2.22 bits per heavy atom. The number of nitrogens with zero attached hydrogens (tertiary/aromatic N) is 2. The molecule has 6 heteroatoms. The number of nitro benzene ring substituents is 1. The molecule has 0 aliphatic carbocycles. The van der Waals surface area contributed by atoms with E-state index in [1.165, 1.54) is 0 Å². The Morgan fingerprint density at radius 3 is 2.83 bits per heavy atom. The van der Waals surface area contributed by atoms with Gasteiger partial charge in [0.05, 0.1) is 10.6 Å². The van der Waals surface area contributed by atoms with Crippen molar-refractivity contribution < 1.29 is 4.92 Å². The Morgan fingerprint density at radius 1 is 1.50 bits per heavy atom. The maximum Gasteiger partial charge on any atom is 0.272 e. The van der Waals surface area contributed by atoms with Crippen molar-refractivity contribution in [3.63, 3.8) is 0 Å². The van der Waals surface area contributed by atoms with E-state index in [1.54, 1.807) is 19.1 Å². The molecule has 1 heterocycles. The number of nitrogens with one attached hydrogen (secondary N) is 1. The van der Waals surface area contributed by atoms with Gasteiger partial charge >= 0.3 is 0 Å². The first-order chi connectivity index (χ1) is 8.54. The third-order valence-corrected chi connectivity index (χ3v) is 2.95. The fraction of sp³-hybridized carbons (Fsp3) is 0.250. The fourth-order valence-corrected chi connectivity index (χ4v) is 1.94. The van der Waals surface area contributed by atoms with E-state index in [0.29, 0.717) is 11.4 Å². The van der Waals surface area contributed by atoms with E-state index in [2.05, 4.69) is 10.2 Å². The summed E-state index contributed by atoms with van der Waals surface area (Å²) in [6, 6.07) is 5.10. The van der Waals surface area contributed by atoms with Gasteiger partial charge in [0.25, 0.3) is 5.69 Å². The van der Waals surface area contributed by atoms with Gasteiger partial charge in [-0.1, -0.05) is 19.1 Å². The van der Waals surface area contributed by atoms with Crippen LogP contribution in [0.1, 0.15) is 18.1 Å². The van der Waals surface area contributed by atoms with Gasteiger partial charge in [0.2, 0.25) is 0 Å². The molecule has 0 unspecified atom stereocenters. The number of aromatic amines is 1. The van der Waals surface area contributed by atoms with Gasteiger partial charge in [-0.2, -0.15) is 5.10 Å². The normalized spacial score (nSPS) is 10.6. The first-order valence-electron chi connectivity index (χ1n) is 5.62. The first kappa shape index (κ1) is 12.1. The number of H-pyrrole nitrogens is 1. The average Bonchev–Trinajstić information content (AvgIpc) is 2.70. The molecular weight excluding hydrogens is 232 g/mol. The van der Waals surface area contributed by atoms with Crippen molar-refractivity contribution in [2.75, 3.05) is 5.73 Å². The Labute approximate surface area is 104 Å². The minimum Gasteiger partial charge on any atom is -0.382 e. The second-order valence-corrected chi connectivity index (χ2v) is 4.07. The maximum atomic E-state index is 10.9. The Balaban J connectivity index is 2.57. The summed E-state index contributed by atoms with van der Waals surface area (Å²) in [6.45, 7) is 3.68. The zero-order valence-corrected chi connectivity index (χ0v) is 10.2. The molecule has 0 aliphatic rings. The standard InChI is InChI=1S/C12H14N4O2/c1-3-9-11(14-15-12(9)13)8-5-4-7(2)10(6-8)16(17)18/h4-6H,3H2,1-2H3,(H3,13,14,15). The van der Waals surface area contributed by atoms with Crippen LogP contribution in [0.15, 0.2) is 18.2 Å². The molecule has 0 spiro atoms. The lowest BCUT2D eigenvalue weighted by Crippen LogP contribution is -1.94. The van der Waals surface area contributed by atoms with Crippen LogP contribution in [-0.2, 0) is 6.42 Å². The molecule has 0 amide bonds. The van der Waals surface area contributed by atoms with Crippen molar-refractivity contribution in [2.24, 2.45) is 0 Å². The van der Waals surface area contributed by atoms with Gasteiger partial charge < -0.3 is 5.73 Å². The molecule has 18 heavy (non-hydrogen) atoms. The molecule has 94 valence electrons. The molecule has 0 atom stereocenters. The van der Waals surface area contributed by atoms with Gasteiger partial charge in [0, 0.05) is 22.8 Å². The number of nitrogens with two attached hydrogens (primary N) is 1. The highest BCUT2D eigenvalue weighted by molar-refractivity contribution is 5.70. The van der Waals surface area contributed by atoms with E-state index in [4.69, 9.17) is 5.73 Å². The van der Waals surface area contributed by atoms with E-state index < -0.39 is 0 Å². The SMILES string of the molecule is CCc1c(N)n[nH]c1-c1ccc(C)c([N+](=O)[O-])c1. The summed E-state index contributed by atoms with van der Waals surface area (Å²) in [6.07, 6.45) is 0.722. The Bertz CT molecular complexity index is 604. The summed E-state index contributed by atoms with van der Waals surface area (Å²) in [5.74, 6) is 0.440.